The van der Waals surface area contributed by atoms with Crippen LogP contribution in [0, 0.1) is 11.6 Å². The maximum absolute atomic E-state index is 13.4. The molecule has 0 spiro atoms. The maximum atomic E-state index is 13.4. The van der Waals surface area contributed by atoms with Crippen LogP contribution < -0.4 is 5.73 Å². The van der Waals surface area contributed by atoms with Gasteiger partial charge in [0.1, 0.15) is 11.6 Å². The summed E-state index contributed by atoms with van der Waals surface area (Å²) in [5.41, 5.74) is 5.75. The summed E-state index contributed by atoms with van der Waals surface area (Å²) in [6, 6.07) is 2.92. The number of ether oxygens (including phenoxy) is 1. The van der Waals surface area contributed by atoms with Gasteiger partial charge in [-0.2, -0.15) is 0 Å². The third-order valence-electron chi connectivity index (χ3n) is 2.63. The molecule has 0 fully saturated rings. The average molecular weight is 229 g/mol. The second-order valence-corrected chi connectivity index (χ2v) is 4.44. The van der Waals surface area contributed by atoms with E-state index in [2.05, 4.69) is 0 Å². The number of rotatable bonds is 4. The van der Waals surface area contributed by atoms with E-state index < -0.39 is 23.3 Å². The van der Waals surface area contributed by atoms with E-state index in [0.29, 0.717) is 12.0 Å². The number of benzene rings is 1. The highest BCUT2D eigenvalue weighted by Crippen LogP contribution is 2.25. The first-order valence-corrected chi connectivity index (χ1v) is 5.11. The van der Waals surface area contributed by atoms with Crippen LogP contribution in [-0.2, 0) is 4.74 Å². The molecule has 4 heteroatoms. The van der Waals surface area contributed by atoms with Crippen molar-refractivity contribution < 1.29 is 13.5 Å². The summed E-state index contributed by atoms with van der Waals surface area (Å²) < 4.78 is 31.3. The van der Waals surface area contributed by atoms with E-state index in [-0.39, 0.29) is 0 Å². The Bertz CT molecular complexity index is 366. The molecule has 16 heavy (non-hydrogen) atoms. The first kappa shape index (κ1) is 13.1. The first-order valence-electron chi connectivity index (χ1n) is 5.11. The van der Waals surface area contributed by atoms with Gasteiger partial charge < -0.3 is 10.5 Å². The van der Waals surface area contributed by atoms with Gasteiger partial charge in [-0.1, -0.05) is 6.07 Å². The normalized spacial score (nSPS) is 13.9. The molecule has 2 nitrogen and oxygen atoms in total. The molecular formula is C12H17F2NO. The van der Waals surface area contributed by atoms with Crippen LogP contribution in [-0.4, -0.2) is 12.7 Å². The Hall–Kier alpha value is -1.00. The zero-order valence-corrected chi connectivity index (χ0v) is 9.76. The summed E-state index contributed by atoms with van der Waals surface area (Å²) in [5, 5.41) is 0. The van der Waals surface area contributed by atoms with Crippen molar-refractivity contribution in [1.82, 2.24) is 0 Å². The van der Waals surface area contributed by atoms with Gasteiger partial charge in [0.25, 0.3) is 0 Å². The Labute approximate surface area is 94.4 Å². The van der Waals surface area contributed by atoms with Crippen LogP contribution in [0.4, 0.5) is 8.78 Å². The standard InChI is InChI=1S/C12H17F2NO/c1-12(2,16-3)7-11(15)9-5-4-8(13)6-10(9)14/h4-6,11H,7,15H2,1-3H3. The molecule has 0 amide bonds. The topological polar surface area (TPSA) is 35.2 Å². The van der Waals surface area contributed by atoms with Crippen molar-refractivity contribution in [1.29, 1.82) is 0 Å². The van der Waals surface area contributed by atoms with Gasteiger partial charge >= 0.3 is 0 Å². The largest absolute Gasteiger partial charge is 0.379 e. The van der Waals surface area contributed by atoms with Gasteiger partial charge in [0, 0.05) is 24.8 Å². The number of nitrogens with two attached hydrogens (primary N) is 1. The Morgan fingerprint density at radius 3 is 2.50 bits per heavy atom. The molecule has 1 unspecified atom stereocenters. The van der Waals surface area contributed by atoms with Crippen LogP contribution in [0.3, 0.4) is 0 Å². The fourth-order valence-electron chi connectivity index (χ4n) is 1.53. The van der Waals surface area contributed by atoms with Crippen molar-refractivity contribution in [3.8, 4) is 0 Å². The van der Waals surface area contributed by atoms with E-state index >= 15 is 0 Å². The zero-order valence-electron chi connectivity index (χ0n) is 9.76. The van der Waals surface area contributed by atoms with Crippen molar-refractivity contribution in [2.45, 2.75) is 31.9 Å². The number of hydrogen-bond donors (Lipinski definition) is 1. The lowest BCUT2D eigenvalue weighted by Crippen LogP contribution is -2.29. The third kappa shape index (κ3) is 3.25. The van der Waals surface area contributed by atoms with E-state index in [0.717, 1.165) is 6.07 Å². The van der Waals surface area contributed by atoms with E-state index in [1.807, 2.05) is 13.8 Å². The SMILES string of the molecule is COC(C)(C)CC(N)c1ccc(F)cc1F. The molecule has 0 aromatic heterocycles. The van der Waals surface area contributed by atoms with Gasteiger partial charge in [-0.15, -0.1) is 0 Å². The number of halogens is 2. The monoisotopic (exact) mass is 229 g/mol. The molecule has 0 aliphatic carbocycles. The van der Waals surface area contributed by atoms with E-state index in [9.17, 15) is 8.78 Å². The Morgan fingerprint density at radius 2 is 2.00 bits per heavy atom. The van der Waals surface area contributed by atoms with Gasteiger partial charge in [0.15, 0.2) is 0 Å². The van der Waals surface area contributed by atoms with Crippen molar-refractivity contribution in [2.24, 2.45) is 5.73 Å². The Morgan fingerprint density at radius 1 is 1.38 bits per heavy atom. The van der Waals surface area contributed by atoms with Crippen LogP contribution in [0.1, 0.15) is 31.9 Å². The predicted molar refractivity (Wildman–Crippen MR) is 59.0 cm³/mol. The average Bonchev–Trinajstić information content (AvgIpc) is 2.16. The minimum atomic E-state index is -0.612. The summed E-state index contributed by atoms with van der Waals surface area (Å²) >= 11 is 0. The highest BCUT2D eigenvalue weighted by molar-refractivity contribution is 5.22. The van der Waals surface area contributed by atoms with E-state index in [1.54, 1.807) is 7.11 Å². The second-order valence-electron chi connectivity index (χ2n) is 4.44. The summed E-state index contributed by atoms with van der Waals surface area (Å²) in [7, 11) is 1.58. The molecule has 90 valence electrons. The summed E-state index contributed by atoms with van der Waals surface area (Å²) in [4.78, 5) is 0. The molecule has 0 bridgehead atoms. The molecule has 0 saturated carbocycles. The molecule has 1 rings (SSSR count). The van der Waals surface area contributed by atoms with Crippen molar-refractivity contribution >= 4 is 0 Å². The van der Waals surface area contributed by atoms with Gasteiger partial charge in [-0.25, -0.2) is 8.78 Å². The molecule has 0 aliphatic heterocycles. The van der Waals surface area contributed by atoms with E-state index in [4.69, 9.17) is 10.5 Å². The lowest BCUT2D eigenvalue weighted by atomic mass is 9.94. The summed E-state index contributed by atoms with van der Waals surface area (Å²) in [5.74, 6) is -1.21. The van der Waals surface area contributed by atoms with Crippen molar-refractivity contribution in [2.75, 3.05) is 7.11 Å². The fraction of sp³-hybridized carbons (Fsp3) is 0.500. The molecule has 0 heterocycles. The summed E-state index contributed by atoms with van der Waals surface area (Å²) in [6.07, 6.45) is 0.464. The van der Waals surface area contributed by atoms with Gasteiger partial charge in [-0.3, -0.25) is 0 Å². The molecule has 2 N–H and O–H groups in total. The Balaban J connectivity index is 2.84. The highest BCUT2D eigenvalue weighted by atomic mass is 19.1. The van der Waals surface area contributed by atoms with E-state index in [1.165, 1.54) is 12.1 Å². The van der Waals surface area contributed by atoms with Crippen LogP contribution in [0.25, 0.3) is 0 Å². The van der Waals surface area contributed by atoms with Gasteiger partial charge in [0.2, 0.25) is 0 Å². The lowest BCUT2D eigenvalue weighted by Gasteiger charge is -2.26. The number of hydrogen-bond acceptors (Lipinski definition) is 2. The molecular weight excluding hydrogens is 212 g/mol. The van der Waals surface area contributed by atoms with Crippen molar-refractivity contribution in [3.63, 3.8) is 0 Å². The molecule has 1 atom stereocenters. The predicted octanol–water partition coefficient (Wildman–Crippen LogP) is 2.78. The highest BCUT2D eigenvalue weighted by Gasteiger charge is 2.23. The van der Waals surface area contributed by atoms with Crippen LogP contribution >= 0.6 is 0 Å². The quantitative estimate of drug-likeness (QED) is 0.861. The summed E-state index contributed by atoms with van der Waals surface area (Å²) in [6.45, 7) is 3.74. The fourth-order valence-corrected chi connectivity index (χ4v) is 1.53. The molecule has 0 aliphatic rings. The smallest absolute Gasteiger partial charge is 0.130 e. The minimum absolute atomic E-state index is 0.312. The lowest BCUT2D eigenvalue weighted by molar-refractivity contribution is 0.00973. The van der Waals surface area contributed by atoms with Crippen LogP contribution in [0.15, 0.2) is 18.2 Å². The third-order valence-corrected chi connectivity index (χ3v) is 2.63. The van der Waals surface area contributed by atoms with Crippen LogP contribution in [0.2, 0.25) is 0 Å². The van der Waals surface area contributed by atoms with Crippen molar-refractivity contribution in [3.05, 3.63) is 35.4 Å². The first-order chi connectivity index (χ1) is 7.35. The number of methoxy groups -OCH3 is 1. The van der Waals surface area contributed by atoms with Gasteiger partial charge in [0.05, 0.1) is 5.60 Å². The molecule has 1 aromatic carbocycles. The second kappa shape index (κ2) is 4.89. The molecule has 0 saturated heterocycles. The Kier molecular flexibility index (Phi) is 3.99. The molecule has 0 radical (unpaired) electrons. The zero-order chi connectivity index (χ0) is 12.3. The van der Waals surface area contributed by atoms with Gasteiger partial charge in [-0.05, 0) is 26.3 Å². The minimum Gasteiger partial charge on any atom is -0.379 e. The van der Waals surface area contributed by atoms with Crippen LogP contribution in [0.5, 0.6) is 0 Å². The maximum Gasteiger partial charge on any atom is 0.130 e. The molecule has 1 aromatic rings.